The third-order valence-electron chi connectivity index (χ3n) is 5.02. The maximum atomic E-state index is 14.2. The van der Waals surface area contributed by atoms with Crippen LogP contribution in [0.2, 0.25) is 0 Å². The highest BCUT2D eigenvalue weighted by Crippen LogP contribution is 2.27. The van der Waals surface area contributed by atoms with Crippen molar-refractivity contribution >= 4 is 27.9 Å². The maximum absolute atomic E-state index is 14.2. The van der Waals surface area contributed by atoms with Gasteiger partial charge in [-0.3, -0.25) is 0 Å². The summed E-state index contributed by atoms with van der Waals surface area (Å²) < 4.78 is 42.5. The Balaban J connectivity index is 1.54. The Morgan fingerprint density at radius 2 is 1.94 bits per heavy atom. The molecule has 2 aliphatic rings. The molecule has 1 saturated heterocycles. The predicted molar refractivity (Wildman–Crippen MR) is 122 cm³/mol. The number of amides is 1. The molecule has 0 N–H and O–H groups in total. The van der Waals surface area contributed by atoms with E-state index in [1.807, 2.05) is 20.8 Å². The minimum absolute atomic E-state index is 0.000393. The average molecular weight is 481 g/mol. The molecule has 1 aromatic rings. The fourth-order valence-electron chi connectivity index (χ4n) is 3.47. The van der Waals surface area contributed by atoms with Crippen molar-refractivity contribution in [1.29, 1.82) is 0 Å². The van der Waals surface area contributed by atoms with Gasteiger partial charge in [-0.25, -0.2) is 23.2 Å². The second kappa shape index (κ2) is 10.5. The molecule has 0 spiro atoms. The quantitative estimate of drug-likeness (QED) is 0.571. The van der Waals surface area contributed by atoms with Crippen molar-refractivity contribution in [3.63, 3.8) is 0 Å². The summed E-state index contributed by atoms with van der Waals surface area (Å²) >= 11 is 0. The molecule has 0 bridgehead atoms. The number of hydrogen-bond acceptors (Lipinski definition) is 7. The highest BCUT2D eigenvalue weighted by atomic mass is 32.2. The molecule has 0 saturated carbocycles. The van der Waals surface area contributed by atoms with Crippen LogP contribution in [0.15, 0.2) is 34.3 Å². The molecule has 10 heteroatoms. The molecule has 0 radical (unpaired) electrons. The Morgan fingerprint density at radius 3 is 2.55 bits per heavy atom. The van der Waals surface area contributed by atoms with Crippen LogP contribution in [0.5, 0.6) is 5.75 Å². The van der Waals surface area contributed by atoms with E-state index in [1.165, 1.54) is 17.5 Å². The zero-order valence-corrected chi connectivity index (χ0v) is 20.1. The van der Waals surface area contributed by atoms with Crippen LogP contribution >= 0.6 is 0 Å². The van der Waals surface area contributed by atoms with Crippen LogP contribution in [0, 0.1) is 11.7 Å². The zero-order valence-electron chi connectivity index (χ0n) is 19.3. The molecule has 1 unspecified atom stereocenters. The van der Waals surface area contributed by atoms with Gasteiger partial charge in [0.05, 0.1) is 28.7 Å². The Kier molecular flexibility index (Phi) is 7.88. The Labute approximate surface area is 195 Å². The summed E-state index contributed by atoms with van der Waals surface area (Å²) in [7, 11) is -1.36. The number of halogens is 1. The molecule has 3 rings (SSSR count). The average Bonchev–Trinajstić information content (AvgIpc) is 3.12. The molecule has 1 fully saturated rings. The predicted octanol–water partition coefficient (Wildman–Crippen LogP) is 4.03. The van der Waals surface area contributed by atoms with E-state index in [4.69, 9.17) is 14.2 Å². The van der Waals surface area contributed by atoms with Crippen molar-refractivity contribution in [3.8, 4) is 5.75 Å². The number of ether oxygens (including phenoxy) is 3. The van der Waals surface area contributed by atoms with Crippen molar-refractivity contribution in [3.05, 3.63) is 40.7 Å². The number of piperidine rings is 1. The van der Waals surface area contributed by atoms with E-state index >= 15 is 0 Å². The number of rotatable bonds is 6. The van der Waals surface area contributed by atoms with Crippen molar-refractivity contribution in [2.75, 3.05) is 26.3 Å². The van der Waals surface area contributed by atoms with Crippen LogP contribution < -0.4 is 4.74 Å². The smallest absolute Gasteiger partial charge is 0.410 e. The Hall–Kier alpha value is -2.75. The van der Waals surface area contributed by atoms with Gasteiger partial charge in [0.15, 0.2) is 0 Å². The largest absolute Gasteiger partial charge is 0.487 e. The third kappa shape index (κ3) is 6.63. The van der Waals surface area contributed by atoms with Gasteiger partial charge < -0.3 is 19.1 Å². The molecule has 8 nitrogen and oxygen atoms in total. The molecular formula is C23H29FN2O6S. The topological polar surface area (TPSA) is 94.5 Å². The summed E-state index contributed by atoms with van der Waals surface area (Å²) in [5, 5.41) is 2.10. The summed E-state index contributed by atoms with van der Waals surface area (Å²) in [6.07, 6.45) is 0.947. The first kappa shape index (κ1) is 24.9. The number of carbonyl (C=O) groups is 2. The van der Waals surface area contributed by atoms with Crippen LogP contribution in [0.25, 0.3) is 0 Å². The molecule has 1 aromatic carbocycles. The van der Waals surface area contributed by atoms with Crippen LogP contribution in [0.4, 0.5) is 9.18 Å². The van der Waals surface area contributed by atoms with E-state index in [-0.39, 0.29) is 36.5 Å². The van der Waals surface area contributed by atoms with E-state index in [1.54, 1.807) is 11.8 Å². The minimum atomic E-state index is -1.36. The number of benzene rings is 1. The van der Waals surface area contributed by atoms with Gasteiger partial charge in [0.25, 0.3) is 0 Å². The van der Waals surface area contributed by atoms with Crippen molar-refractivity contribution in [1.82, 2.24) is 4.90 Å². The molecule has 2 aliphatic heterocycles. The molecule has 0 aliphatic carbocycles. The van der Waals surface area contributed by atoms with Crippen molar-refractivity contribution < 1.29 is 32.4 Å². The second-order valence-corrected chi connectivity index (χ2v) is 10.00. The Bertz CT molecular complexity index is 993. The van der Waals surface area contributed by atoms with Crippen LogP contribution in [-0.2, 0) is 20.3 Å². The van der Waals surface area contributed by atoms with E-state index in [2.05, 4.69) is 4.99 Å². The van der Waals surface area contributed by atoms with Gasteiger partial charge in [-0.05, 0) is 52.7 Å². The van der Waals surface area contributed by atoms with Gasteiger partial charge in [-0.1, -0.05) is 0 Å². The molecule has 2 heterocycles. The van der Waals surface area contributed by atoms with Gasteiger partial charge in [-0.2, -0.15) is 0 Å². The summed E-state index contributed by atoms with van der Waals surface area (Å²) in [6, 6.07) is 3.88. The normalized spacial score (nSPS) is 19.1. The van der Waals surface area contributed by atoms with Gasteiger partial charge in [0, 0.05) is 30.5 Å². The Morgan fingerprint density at radius 1 is 1.24 bits per heavy atom. The number of likely N-dealkylation sites (tertiary alicyclic amines) is 1. The first-order chi connectivity index (χ1) is 15.6. The van der Waals surface area contributed by atoms with E-state index in [9.17, 15) is 18.2 Å². The van der Waals surface area contributed by atoms with Crippen LogP contribution in [-0.4, -0.2) is 58.1 Å². The number of carbonyl (C=O) groups excluding carboxylic acids is 2. The monoisotopic (exact) mass is 480 g/mol. The fourth-order valence-corrected chi connectivity index (χ4v) is 4.73. The van der Waals surface area contributed by atoms with Gasteiger partial charge in [0.1, 0.15) is 28.8 Å². The van der Waals surface area contributed by atoms with Crippen LogP contribution in [0.3, 0.4) is 0 Å². The molecule has 180 valence electrons. The molecule has 33 heavy (non-hydrogen) atoms. The van der Waals surface area contributed by atoms with Gasteiger partial charge in [-0.15, -0.1) is 0 Å². The summed E-state index contributed by atoms with van der Waals surface area (Å²) in [6.45, 7) is 8.31. The van der Waals surface area contributed by atoms with E-state index in [0.717, 1.165) is 6.07 Å². The molecule has 0 aromatic heterocycles. The SMILES string of the molecule is CCOC(=O)c1ccc(OCC2=CS(=O)C(C3CCN(C(=O)OC(C)(C)C)CC3)=N2)cc1F. The van der Waals surface area contributed by atoms with Crippen LogP contribution in [0.1, 0.15) is 50.9 Å². The lowest BCUT2D eigenvalue weighted by Gasteiger charge is -2.33. The van der Waals surface area contributed by atoms with E-state index in [0.29, 0.717) is 36.7 Å². The third-order valence-corrected chi connectivity index (χ3v) is 6.34. The lowest BCUT2D eigenvalue weighted by Crippen LogP contribution is -2.43. The van der Waals surface area contributed by atoms with Gasteiger partial charge >= 0.3 is 12.1 Å². The standard InChI is InChI=1S/C23H29FN2O6S/c1-5-30-21(27)18-7-6-17(12-19(18)24)31-13-16-14-33(29)20(25-16)15-8-10-26(11-9-15)22(28)32-23(2,3)4/h6-7,12,14-15H,5,8-11,13H2,1-4H3. The van der Waals surface area contributed by atoms with Crippen molar-refractivity contribution in [2.24, 2.45) is 10.9 Å². The lowest BCUT2D eigenvalue weighted by atomic mass is 9.98. The highest BCUT2D eigenvalue weighted by Gasteiger charge is 2.32. The summed E-state index contributed by atoms with van der Waals surface area (Å²) in [5.74, 6) is -1.25. The fraction of sp³-hybridized carbons (Fsp3) is 0.522. The minimum Gasteiger partial charge on any atom is -0.487 e. The van der Waals surface area contributed by atoms with Gasteiger partial charge in [0.2, 0.25) is 0 Å². The number of hydrogen-bond donors (Lipinski definition) is 0. The highest BCUT2D eigenvalue weighted by molar-refractivity contribution is 8.03. The second-order valence-electron chi connectivity index (χ2n) is 8.75. The lowest BCUT2D eigenvalue weighted by molar-refractivity contribution is 0.0202. The van der Waals surface area contributed by atoms with E-state index < -0.39 is 28.2 Å². The van der Waals surface area contributed by atoms with Crippen molar-refractivity contribution in [2.45, 2.75) is 46.1 Å². The summed E-state index contributed by atoms with van der Waals surface area (Å²) in [4.78, 5) is 30.1. The molecular weight excluding hydrogens is 451 g/mol. The maximum Gasteiger partial charge on any atom is 0.410 e. The number of esters is 1. The number of aliphatic imine (C=N–C) groups is 1. The molecule has 1 atom stereocenters. The first-order valence-electron chi connectivity index (χ1n) is 10.8. The zero-order chi connectivity index (χ0) is 24.2. The molecule has 1 amide bonds. The summed E-state index contributed by atoms with van der Waals surface area (Å²) in [5.41, 5.74) is -0.220. The number of nitrogens with zero attached hydrogens (tertiary/aromatic N) is 2. The first-order valence-corrected chi connectivity index (χ1v) is 12.1.